The summed E-state index contributed by atoms with van der Waals surface area (Å²) in [6.07, 6.45) is 6.97. The van der Waals surface area contributed by atoms with Crippen molar-refractivity contribution < 1.29 is 57.4 Å². The molecule has 8 fully saturated rings. The number of rotatable bonds is 35. The topological polar surface area (TPSA) is 418 Å². The smallest absolute Gasteiger partial charge is 0.254 e. The van der Waals surface area contributed by atoms with Crippen LogP contribution in [0.1, 0.15) is 149 Å². The number of aliphatic hydroxyl groups is 2. The number of aliphatic hydroxyl groups excluding tert-OH is 2. The number of amides is 4. The number of nitrogens with one attached hydrogen (secondary N) is 3. The first-order valence-corrected chi connectivity index (χ1v) is 54.9. The molecule has 36 nitrogen and oxygen atoms in total. The number of halogens is 1. The van der Waals surface area contributed by atoms with Gasteiger partial charge < -0.3 is 95.0 Å². The summed E-state index contributed by atoms with van der Waals surface area (Å²) in [6.45, 7) is 35.6. The van der Waals surface area contributed by atoms with Crippen LogP contribution in [-0.4, -0.2) is 300 Å². The number of nitrogens with zero attached hydrogens (tertiary/aromatic N) is 19. The van der Waals surface area contributed by atoms with E-state index in [1.54, 1.807) is 34.8 Å². The minimum Gasteiger partial charge on any atom is -0.476 e. The molecular weight excluding hydrogens is 1990 g/mol. The van der Waals surface area contributed by atoms with Gasteiger partial charge in [0.25, 0.3) is 11.8 Å². The summed E-state index contributed by atoms with van der Waals surface area (Å²) in [6, 6.07) is 47.7. The molecule has 8 aromatic heterocycles. The highest BCUT2D eigenvalue weighted by atomic mass is 79.9. The fraction of sp³-hybridized carbons (Fsp3) is 0.473. The molecule has 0 radical (unpaired) electrons. The van der Waals surface area contributed by atoms with Crippen molar-refractivity contribution in [3.63, 3.8) is 0 Å². The van der Waals surface area contributed by atoms with Crippen LogP contribution < -0.4 is 66.0 Å². The molecule has 9 N–H and O–H groups in total. The normalized spacial score (nSPS) is 20.7. The third-order valence-electron chi connectivity index (χ3n) is 29.9. The van der Waals surface area contributed by atoms with Crippen molar-refractivity contribution in [3.05, 3.63) is 214 Å². The highest BCUT2D eigenvalue weighted by molar-refractivity contribution is 9.09. The van der Waals surface area contributed by atoms with Crippen LogP contribution in [0, 0.1) is 39.5 Å². The van der Waals surface area contributed by atoms with Crippen LogP contribution in [0.2, 0.25) is 0 Å². The number of piperazine rings is 4. The van der Waals surface area contributed by atoms with Crippen molar-refractivity contribution in [3.8, 4) is 66.9 Å². The zero-order chi connectivity index (χ0) is 104. The predicted octanol–water partition coefficient (Wildman–Crippen LogP) is 13.4. The van der Waals surface area contributed by atoms with E-state index in [0.717, 1.165) is 206 Å². The molecule has 149 heavy (non-hydrogen) atoms. The zero-order valence-corrected chi connectivity index (χ0v) is 89.6. The number of hydrogen-bond acceptors (Lipinski definition) is 34. The molecule has 12 atom stereocenters. The maximum absolute atomic E-state index is 14.2. The third kappa shape index (κ3) is 25.4. The lowest BCUT2D eigenvalue weighted by atomic mass is 9.91. The zero-order valence-electron chi connectivity index (χ0n) is 86.4. The van der Waals surface area contributed by atoms with Crippen LogP contribution in [0.25, 0.3) is 43.4 Å². The van der Waals surface area contributed by atoms with Gasteiger partial charge in [0.15, 0.2) is 23.2 Å². The summed E-state index contributed by atoms with van der Waals surface area (Å²) in [7, 11) is 0. The van der Waals surface area contributed by atoms with Crippen molar-refractivity contribution in [1.82, 2.24) is 91.1 Å². The lowest BCUT2D eigenvalue weighted by Gasteiger charge is -2.43. The minimum atomic E-state index is -0.826. The molecule has 0 saturated carbocycles. The Balaban J connectivity index is 0.000000162. The van der Waals surface area contributed by atoms with Crippen molar-refractivity contribution in [1.29, 1.82) is 0 Å². The van der Waals surface area contributed by atoms with Crippen molar-refractivity contribution in [2.24, 2.45) is 11.8 Å². The number of ether oxygens (including phenoxy) is 4. The van der Waals surface area contributed by atoms with E-state index in [1.807, 2.05) is 152 Å². The molecule has 0 spiro atoms. The Morgan fingerprint density at radius 2 is 0.852 bits per heavy atom. The Morgan fingerprint density at radius 3 is 1.23 bits per heavy atom. The van der Waals surface area contributed by atoms with Crippen LogP contribution in [0.3, 0.4) is 0 Å². The van der Waals surface area contributed by atoms with E-state index < -0.39 is 36.1 Å². The number of anilines is 6. The first kappa shape index (κ1) is 106. The monoisotopic (exact) mass is 2130 g/mol. The number of pyridine rings is 2. The van der Waals surface area contributed by atoms with E-state index >= 15 is 0 Å². The number of aromatic nitrogens is 10. The van der Waals surface area contributed by atoms with Gasteiger partial charge in [-0.05, 0) is 147 Å². The lowest BCUT2D eigenvalue weighted by Crippen LogP contribution is -2.54. The summed E-state index contributed by atoms with van der Waals surface area (Å²) >= 11 is 6.48. The number of alkyl halides is 1. The number of nitrogen functional groups attached to an aromatic ring is 2. The van der Waals surface area contributed by atoms with Gasteiger partial charge in [-0.25, -0.2) is 19.9 Å². The molecule has 12 aromatic rings. The summed E-state index contributed by atoms with van der Waals surface area (Å²) in [5, 5.41) is 56.9. The number of hydrogen-bond donors (Lipinski definition) is 7. The first-order chi connectivity index (χ1) is 72.2. The van der Waals surface area contributed by atoms with Crippen molar-refractivity contribution >= 4 is 96.6 Å². The molecule has 4 aromatic carbocycles. The lowest BCUT2D eigenvalue weighted by molar-refractivity contribution is -0.141. The van der Waals surface area contributed by atoms with E-state index in [2.05, 4.69) is 191 Å². The highest BCUT2D eigenvalue weighted by Crippen LogP contribution is 2.44. The third-order valence-corrected chi connectivity index (χ3v) is 32.2. The van der Waals surface area contributed by atoms with Crippen LogP contribution in [0.15, 0.2) is 178 Å². The number of carbonyl (C=O) groups is 4. The molecule has 4 bridgehead atoms. The maximum atomic E-state index is 14.2. The van der Waals surface area contributed by atoms with Gasteiger partial charge in [-0.3, -0.25) is 33.9 Å². The highest BCUT2D eigenvalue weighted by Gasteiger charge is 2.48. The van der Waals surface area contributed by atoms with Gasteiger partial charge in [-0.1, -0.05) is 141 Å². The van der Waals surface area contributed by atoms with Gasteiger partial charge >= 0.3 is 0 Å². The Bertz CT molecular complexity index is 6490. The number of likely N-dealkylation sites (tertiary alicyclic amines) is 2. The second-order valence-corrected chi connectivity index (χ2v) is 43.2. The SMILES string of the molecule is Cc1ccccc1-c1cc(N2CC3CCC(C2)N3c2ccnc(OCCN3CCN(CCOc4cc(C(C(=O)N5C[C@H](O)C[C@H]5C(=O)N[C@@H](C)c5ccc(-c6scnc6C)cc5)C(C)C)on4)CC3)c2)c(N)nn1.Cc1ccccc1-c1cc(N2CC3CCC(C2)N3c2ccnc(OCCN3CCNCC3)c2)c(N)nn1.Cc1ncsc1-c1ccc([C@H](C)NC(=O)[C@@H]2C[C@@H](O)CN2C(=O)C(c2cc(OCCBr)no2)C(C)C)cc1. The number of nitrogens with two attached hydrogens (primary N) is 2. The van der Waals surface area contributed by atoms with Crippen LogP contribution in [0.4, 0.5) is 34.4 Å². The Labute approximate surface area is 886 Å². The predicted molar refractivity (Wildman–Crippen MR) is 581 cm³/mol. The Hall–Kier alpha value is -12.9. The average Bonchev–Trinajstić information content (AvgIpc) is 1.64. The van der Waals surface area contributed by atoms with Crippen molar-refractivity contribution in [2.45, 2.75) is 180 Å². The number of benzene rings is 4. The van der Waals surface area contributed by atoms with Crippen molar-refractivity contribution in [2.75, 3.05) is 174 Å². The molecule has 8 aliphatic heterocycles. The average molecular weight is 2130 g/mol. The fourth-order valence-corrected chi connectivity index (χ4v) is 23.7. The standard InChI is InChI=1S/C55H68N12O6S.C28H36N8O.C27H33BrN4O5S/c1-34(2)51(55(70)66-32-43(68)27-47(66)54(69)59-36(4)38-10-12-39(13-11-38)52-37(5)58-33-74-52)48-29-50(62-73-48)72-25-23-64-20-18-63(19-21-64)22-24-71-49-26-40(16-17-57-49)67-41-14-15-42(67)31-65(30-41)46-28-45(60-61-53(46)56)44-9-7-6-8-35(44)3;1-20-4-2-3-5-24(20)25-17-26(28(29)33-32-25)35-18-22-6-7-23(19-35)36(22)21-8-9-31-27(16-21)37-15-14-34-12-10-30-11-13-34;1-15(2)24(22-12-23(31-37-22)36-10-9-28)27(35)32-13-20(33)11-21(32)26(34)30-16(3)18-5-7-19(8-6-18)25-17(4)29-14-38-25/h6-13,16-17,26,28-29,33-34,36,41-43,47,51,68H,14-15,18-25,27,30-32H2,1-5H3,(H2,56,61)(H,59,69);2-5,8-9,16-17,22-23,30H,6-7,10-15,18-19H2,1H3,(H2,29,33);5-8,12,14-16,20-21,24,33H,9-11,13H2,1-4H3,(H,30,34)/t36-,41?,42?,43+,47-,51?;;16-,20+,21-,24?/m0.0/s1. The molecule has 8 saturated heterocycles. The number of carbonyl (C=O) groups excluding carboxylic acids is 4. The van der Waals surface area contributed by atoms with E-state index in [-0.39, 0.29) is 73.5 Å². The van der Waals surface area contributed by atoms with E-state index in [0.29, 0.717) is 109 Å². The summed E-state index contributed by atoms with van der Waals surface area (Å²) in [5.41, 5.74) is 32.9. The van der Waals surface area contributed by atoms with Gasteiger partial charge in [0.1, 0.15) is 43.7 Å². The largest absolute Gasteiger partial charge is 0.476 e. The Morgan fingerprint density at radius 1 is 0.470 bits per heavy atom. The molecule has 4 amide bonds. The fourth-order valence-electron chi connectivity index (χ4n) is 21.9. The van der Waals surface area contributed by atoms with Gasteiger partial charge in [0.2, 0.25) is 35.4 Å². The molecule has 0 aliphatic carbocycles. The second-order valence-electron chi connectivity index (χ2n) is 40.7. The minimum absolute atomic E-state index is 0.0563. The van der Waals surface area contributed by atoms with Gasteiger partial charge in [0, 0.05) is 213 Å². The molecule has 16 heterocycles. The molecule has 788 valence electrons. The van der Waals surface area contributed by atoms with Crippen LogP contribution in [-0.2, 0) is 19.2 Å². The molecular formula is C110H137BrN24O12S2. The van der Waals surface area contributed by atoms with Crippen LogP contribution >= 0.6 is 38.6 Å². The van der Waals surface area contributed by atoms with Gasteiger partial charge in [0.05, 0.1) is 85.8 Å². The molecule has 39 heteroatoms. The van der Waals surface area contributed by atoms with E-state index in [4.69, 9.17) is 39.5 Å². The summed E-state index contributed by atoms with van der Waals surface area (Å²) in [5.74, 6) is 0.798. The van der Waals surface area contributed by atoms with E-state index in [1.165, 1.54) is 21.1 Å². The molecule has 20 rings (SSSR count). The maximum Gasteiger partial charge on any atom is 0.254 e. The number of fused-ring (bicyclic) bond motifs is 4. The number of aryl methyl sites for hydroxylation is 4. The summed E-state index contributed by atoms with van der Waals surface area (Å²) in [4.78, 5) is 95.1. The quantitative estimate of drug-likeness (QED) is 0.0181. The summed E-state index contributed by atoms with van der Waals surface area (Å²) < 4.78 is 35.0. The van der Waals surface area contributed by atoms with Gasteiger partial charge in [-0.15, -0.1) is 43.1 Å². The Kier molecular flexibility index (Phi) is 34.7. The first-order valence-electron chi connectivity index (χ1n) is 52.1. The van der Waals surface area contributed by atoms with E-state index in [9.17, 15) is 29.4 Å². The number of thiazole rings is 2. The number of β-amino-alcohol motifs (C(OH)–C–C–N with tert-alkyl or cyclic N) is 2. The molecule has 8 aliphatic rings. The molecule has 6 unspecified atom stereocenters. The second kappa shape index (κ2) is 48.8. The van der Waals surface area contributed by atoms with Crippen LogP contribution in [0.5, 0.6) is 23.5 Å². The van der Waals surface area contributed by atoms with Gasteiger partial charge in [-0.2, -0.15) is 0 Å².